The summed E-state index contributed by atoms with van der Waals surface area (Å²) in [5.74, 6) is 0. The Morgan fingerprint density at radius 1 is 0.187 bits per heavy atom. The minimum Gasteiger partial charge on any atom is -0.0617 e. The molecule has 0 bridgehead atoms. The van der Waals surface area contributed by atoms with Crippen LogP contribution in [0.25, 0.3) is 184 Å². The van der Waals surface area contributed by atoms with E-state index in [0.717, 1.165) is 0 Å². The Hall–Kier alpha value is -11.3. The summed E-state index contributed by atoms with van der Waals surface area (Å²) in [6.07, 6.45) is 0. The van der Waals surface area contributed by atoms with Crippen LogP contribution in [-0.4, -0.2) is 23.6 Å². The van der Waals surface area contributed by atoms with Gasteiger partial charge in [-0.3, -0.25) is 0 Å². The first kappa shape index (κ1) is 51.7. The molecule has 3 heteroatoms. The molecule has 91 heavy (non-hydrogen) atoms. The van der Waals surface area contributed by atoms with E-state index in [9.17, 15) is 0 Å². The molecule has 0 aliphatic heterocycles. The predicted molar refractivity (Wildman–Crippen MR) is 390 cm³/mol. The van der Waals surface area contributed by atoms with Crippen molar-refractivity contribution in [1.82, 2.24) is 9.13 Å². The predicted octanol–water partition coefficient (Wildman–Crippen LogP) is 23.9. The molecule has 0 amide bonds. The van der Waals surface area contributed by atoms with Crippen molar-refractivity contribution < 1.29 is 0 Å². The Bertz CT molecular complexity index is 5860. The van der Waals surface area contributed by atoms with Crippen LogP contribution in [0.15, 0.2) is 328 Å². The second kappa shape index (κ2) is 20.6. The van der Waals surface area contributed by atoms with E-state index >= 15 is 0 Å². The SMILES string of the molecule is c1ccc(-c2ccc3c(c2)c2cc(-c4ccccc4)ccc2n3-c2c3ccccc3c(-c3ccc4[se]c5c(-c6c7ccccc7c(-n7c8ccc(-c9ccccc9)cc8c8cc(-c9ccccc9)ccc87)c7ccccc67)cccc5c4c3)c3ccccc23)cc1. The summed E-state index contributed by atoms with van der Waals surface area (Å²) in [5.41, 5.74) is 21.9. The maximum atomic E-state index is 2.56. The number of benzene rings is 16. The first-order valence-electron chi connectivity index (χ1n) is 31.4. The fourth-order valence-corrected chi connectivity index (χ4v) is 17.7. The number of hydrogen-bond acceptors (Lipinski definition) is 0. The number of aromatic nitrogens is 2. The van der Waals surface area contributed by atoms with Gasteiger partial charge in [0.2, 0.25) is 0 Å². The third-order valence-corrected chi connectivity index (χ3v) is 21.8. The molecule has 0 saturated carbocycles. The molecule has 0 fully saturated rings. The molecule has 0 N–H and O–H groups in total. The second-order valence-electron chi connectivity index (χ2n) is 24.2. The maximum Gasteiger partial charge on any atom is -0.0544 e. The van der Waals surface area contributed by atoms with Crippen molar-refractivity contribution in [3.63, 3.8) is 0 Å². The molecule has 0 atom stereocenters. The largest absolute Gasteiger partial charge is 0.0617 e. The minimum absolute atomic E-state index is 0.0473. The molecule has 0 spiro atoms. The average molecular weight is 1220 g/mol. The molecule has 0 saturated heterocycles. The molecule has 3 heterocycles. The molecule has 19 aromatic rings. The van der Waals surface area contributed by atoms with Crippen molar-refractivity contribution >= 4 is 120 Å². The van der Waals surface area contributed by atoms with Gasteiger partial charge in [-0.25, -0.2) is 0 Å². The van der Waals surface area contributed by atoms with Crippen molar-refractivity contribution in [3.8, 4) is 78.1 Å². The molecule has 19 rings (SSSR count). The zero-order valence-corrected chi connectivity index (χ0v) is 51.2. The Morgan fingerprint density at radius 3 is 0.846 bits per heavy atom. The van der Waals surface area contributed by atoms with E-state index in [1.165, 1.54) is 184 Å². The molecule has 0 unspecified atom stereocenters. The monoisotopic (exact) mass is 1220 g/mol. The Labute approximate surface area is 531 Å². The van der Waals surface area contributed by atoms with Crippen LogP contribution in [0.5, 0.6) is 0 Å². The van der Waals surface area contributed by atoms with Gasteiger partial charge in [-0.15, -0.1) is 0 Å². The van der Waals surface area contributed by atoms with Crippen LogP contribution in [0.1, 0.15) is 0 Å². The number of hydrogen-bond donors (Lipinski definition) is 0. The smallest absolute Gasteiger partial charge is 0.0544 e. The normalized spacial score (nSPS) is 12.0. The van der Waals surface area contributed by atoms with Crippen LogP contribution >= 0.6 is 0 Å². The molecular formula is C88H54N2Se. The number of rotatable bonds is 8. The fourth-order valence-electron chi connectivity index (χ4n) is 15.2. The minimum atomic E-state index is 0.0473. The quantitative estimate of drug-likeness (QED) is 0.106. The van der Waals surface area contributed by atoms with E-state index in [0.29, 0.717) is 0 Å². The van der Waals surface area contributed by atoms with Crippen molar-refractivity contribution in [2.45, 2.75) is 0 Å². The van der Waals surface area contributed by atoms with Gasteiger partial charge in [0.25, 0.3) is 0 Å². The zero-order chi connectivity index (χ0) is 59.7. The van der Waals surface area contributed by atoms with E-state index in [2.05, 4.69) is 337 Å². The fraction of sp³-hybridized carbons (Fsp3) is 0. The molecule has 422 valence electrons. The van der Waals surface area contributed by atoms with Crippen LogP contribution in [0.3, 0.4) is 0 Å². The maximum absolute atomic E-state index is 2.56. The Kier molecular flexibility index (Phi) is 11.7. The van der Waals surface area contributed by atoms with Crippen molar-refractivity contribution in [3.05, 3.63) is 328 Å². The van der Waals surface area contributed by atoms with Gasteiger partial charge in [0.15, 0.2) is 0 Å². The summed E-state index contributed by atoms with van der Waals surface area (Å²) in [6.45, 7) is 0. The summed E-state index contributed by atoms with van der Waals surface area (Å²) >= 11 is 0.0473. The summed E-state index contributed by atoms with van der Waals surface area (Å²) in [7, 11) is 0. The number of nitrogens with zero attached hydrogens (tertiary/aromatic N) is 2. The van der Waals surface area contributed by atoms with Gasteiger partial charge in [-0.1, -0.05) is 121 Å². The first-order valence-corrected chi connectivity index (χ1v) is 33.1. The molecule has 0 radical (unpaired) electrons. The van der Waals surface area contributed by atoms with E-state index in [1.54, 1.807) is 0 Å². The Balaban J connectivity index is 0.801. The zero-order valence-electron chi connectivity index (χ0n) is 49.5. The van der Waals surface area contributed by atoms with Crippen LogP contribution < -0.4 is 0 Å². The average Bonchev–Trinajstić information content (AvgIpc) is 1.69. The summed E-state index contributed by atoms with van der Waals surface area (Å²) in [6, 6.07) is 122. The summed E-state index contributed by atoms with van der Waals surface area (Å²) in [4.78, 5) is 0. The molecule has 16 aromatic carbocycles. The van der Waals surface area contributed by atoms with Gasteiger partial charge in [0.05, 0.1) is 0 Å². The van der Waals surface area contributed by atoms with Crippen LogP contribution in [0.4, 0.5) is 0 Å². The molecule has 2 nitrogen and oxygen atoms in total. The summed E-state index contributed by atoms with van der Waals surface area (Å²) in [5, 5.41) is 17.5. The van der Waals surface area contributed by atoms with Crippen LogP contribution in [0, 0.1) is 0 Å². The summed E-state index contributed by atoms with van der Waals surface area (Å²) < 4.78 is 7.97. The van der Waals surface area contributed by atoms with Gasteiger partial charge in [-0.05, 0) is 22.3 Å². The van der Waals surface area contributed by atoms with Crippen LogP contribution in [0.2, 0.25) is 0 Å². The van der Waals surface area contributed by atoms with Gasteiger partial charge >= 0.3 is 392 Å². The van der Waals surface area contributed by atoms with Crippen molar-refractivity contribution in [2.24, 2.45) is 0 Å². The standard InChI is InChI=1S/C88H54N2Se/c1-5-22-55(23-6-1)59-40-45-79-74(50-59)75-51-60(56-24-7-2-8-25-56)41-46-80(75)89(79)86-68-34-17-13-30-64(68)84(65-31-14-18-35-69(65)86)63-44-49-83-78(54-63)72-38-21-39-73(88(72)91-83)85-66-32-15-19-36-70(66)87(71-37-20-16-33-67(71)85)90-81-47-42-61(57-26-9-3-10-27-57)52-76(81)77-53-62(43-48-82(77)90)58-28-11-4-12-29-58/h1-54H. The van der Waals surface area contributed by atoms with E-state index in [-0.39, 0.29) is 14.5 Å². The van der Waals surface area contributed by atoms with Gasteiger partial charge in [-0.2, -0.15) is 0 Å². The second-order valence-corrected chi connectivity index (χ2v) is 26.4. The van der Waals surface area contributed by atoms with Gasteiger partial charge in [0, 0.05) is 0 Å². The molecule has 3 aromatic heterocycles. The topological polar surface area (TPSA) is 9.86 Å². The van der Waals surface area contributed by atoms with Crippen LogP contribution in [-0.2, 0) is 0 Å². The van der Waals surface area contributed by atoms with Crippen molar-refractivity contribution in [2.75, 3.05) is 0 Å². The Morgan fingerprint density at radius 2 is 0.484 bits per heavy atom. The van der Waals surface area contributed by atoms with Gasteiger partial charge < -0.3 is 0 Å². The molecule has 0 aliphatic carbocycles. The molecular weight excluding hydrogens is 1160 g/mol. The molecule has 0 aliphatic rings. The first-order chi connectivity index (χ1) is 45.2. The number of fused-ring (bicyclic) bond motifs is 13. The third-order valence-electron chi connectivity index (χ3n) is 19.3. The van der Waals surface area contributed by atoms with Gasteiger partial charge in [0.1, 0.15) is 0 Å². The third kappa shape index (κ3) is 8.05. The van der Waals surface area contributed by atoms with Crippen molar-refractivity contribution in [1.29, 1.82) is 0 Å². The van der Waals surface area contributed by atoms with E-state index in [4.69, 9.17) is 0 Å². The van der Waals surface area contributed by atoms with E-state index < -0.39 is 0 Å². The van der Waals surface area contributed by atoms with E-state index in [1.807, 2.05) is 0 Å².